The number of rotatable bonds is 6. The number of anilines is 2. The van der Waals surface area contributed by atoms with E-state index in [4.69, 9.17) is 5.11 Å². The first-order chi connectivity index (χ1) is 12.2. The number of nitrogens with one attached hydrogen (secondary N) is 2. The molecule has 3 aromatic heterocycles. The molecule has 0 radical (unpaired) electrons. The molecule has 0 fully saturated rings. The average molecular weight is 355 g/mol. The van der Waals surface area contributed by atoms with Crippen LogP contribution in [-0.4, -0.2) is 38.6 Å². The van der Waals surface area contributed by atoms with Crippen molar-refractivity contribution < 1.29 is 9.90 Å². The lowest BCUT2D eigenvalue weighted by Crippen LogP contribution is -2.35. The van der Waals surface area contributed by atoms with E-state index in [9.17, 15) is 4.79 Å². The fraction of sp³-hybridized carbons (Fsp3) is 0.176. The first kappa shape index (κ1) is 17.0. The number of thiazole rings is 1. The van der Waals surface area contributed by atoms with Crippen molar-refractivity contribution in [1.82, 2.24) is 20.3 Å². The maximum absolute atomic E-state index is 12.1. The molecule has 0 spiro atoms. The molecule has 0 aliphatic rings. The topological polar surface area (TPSA) is 100 Å². The van der Waals surface area contributed by atoms with Crippen molar-refractivity contribution in [3.05, 3.63) is 53.7 Å². The van der Waals surface area contributed by atoms with Gasteiger partial charge in [0.2, 0.25) is 0 Å². The molecular weight excluding hydrogens is 338 g/mol. The van der Waals surface area contributed by atoms with Crippen LogP contribution in [0, 0.1) is 0 Å². The maximum Gasteiger partial charge on any atom is 0.251 e. The van der Waals surface area contributed by atoms with Gasteiger partial charge in [-0.05, 0) is 31.2 Å². The highest BCUT2D eigenvalue weighted by Crippen LogP contribution is 2.25. The molecule has 3 heterocycles. The van der Waals surface area contributed by atoms with Crippen molar-refractivity contribution in [2.45, 2.75) is 13.0 Å². The van der Waals surface area contributed by atoms with Crippen molar-refractivity contribution in [3.63, 3.8) is 0 Å². The van der Waals surface area contributed by atoms with E-state index in [1.165, 1.54) is 11.3 Å². The van der Waals surface area contributed by atoms with Gasteiger partial charge in [-0.15, -0.1) is 11.3 Å². The number of nitrogens with zero attached hydrogens (tertiary/aromatic N) is 3. The van der Waals surface area contributed by atoms with Gasteiger partial charge < -0.3 is 15.7 Å². The lowest BCUT2D eigenvalue weighted by molar-refractivity contribution is 0.0922. The molecule has 1 atom stereocenters. The van der Waals surface area contributed by atoms with Gasteiger partial charge in [-0.2, -0.15) is 0 Å². The van der Waals surface area contributed by atoms with Crippen molar-refractivity contribution in [3.8, 4) is 11.4 Å². The van der Waals surface area contributed by atoms with Crippen LogP contribution in [0.2, 0.25) is 0 Å². The molecule has 0 unspecified atom stereocenters. The monoisotopic (exact) mass is 355 g/mol. The van der Waals surface area contributed by atoms with E-state index in [2.05, 4.69) is 25.6 Å². The number of aliphatic hydroxyl groups is 1. The second-order valence-electron chi connectivity index (χ2n) is 5.36. The summed E-state index contributed by atoms with van der Waals surface area (Å²) in [6.45, 7) is 1.62. The third kappa shape index (κ3) is 4.37. The fourth-order valence-electron chi connectivity index (χ4n) is 2.07. The Bertz CT molecular complexity index is 853. The number of aliphatic hydroxyl groups excluding tert-OH is 1. The molecule has 128 valence electrons. The van der Waals surface area contributed by atoms with Crippen LogP contribution in [0.15, 0.2) is 48.1 Å². The molecule has 8 heteroatoms. The lowest BCUT2D eigenvalue weighted by atomic mass is 10.2. The first-order valence-electron chi connectivity index (χ1n) is 7.67. The number of aromatic nitrogens is 3. The van der Waals surface area contributed by atoms with E-state index in [1.807, 2.05) is 23.6 Å². The Balaban J connectivity index is 1.72. The predicted octanol–water partition coefficient (Wildman–Crippen LogP) is 2.45. The van der Waals surface area contributed by atoms with E-state index in [0.717, 1.165) is 11.4 Å². The standard InChI is InChI=1S/C17H17N5O2S/c1-11(9-23)20-16(24)12-5-7-19-15(8-12)22-17-21-14(10-25-17)13-4-2-3-6-18-13/h2-8,10-11,23H,9H2,1H3,(H,20,24)(H,19,21,22)/t11-/m0/s1. The van der Waals surface area contributed by atoms with Gasteiger partial charge >= 0.3 is 0 Å². The van der Waals surface area contributed by atoms with Gasteiger partial charge in [0.1, 0.15) is 11.5 Å². The Labute approximate surface area is 148 Å². The third-order valence-corrected chi connectivity index (χ3v) is 4.10. The SMILES string of the molecule is C[C@@H](CO)NC(=O)c1ccnc(Nc2nc(-c3ccccn3)cs2)c1. The van der Waals surface area contributed by atoms with E-state index < -0.39 is 0 Å². The van der Waals surface area contributed by atoms with Crippen LogP contribution < -0.4 is 10.6 Å². The molecule has 7 nitrogen and oxygen atoms in total. The predicted molar refractivity (Wildman–Crippen MR) is 96.9 cm³/mol. The Morgan fingerprint density at radius 3 is 2.88 bits per heavy atom. The summed E-state index contributed by atoms with van der Waals surface area (Å²) in [6, 6.07) is 8.60. The molecule has 25 heavy (non-hydrogen) atoms. The van der Waals surface area contributed by atoms with Crippen LogP contribution in [0.25, 0.3) is 11.4 Å². The number of carbonyl (C=O) groups is 1. The number of pyridine rings is 2. The second-order valence-corrected chi connectivity index (χ2v) is 6.22. The van der Waals surface area contributed by atoms with E-state index in [-0.39, 0.29) is 18.6 Å². The molecule has 3 aromatic rings. The van der Waals surface area contributed by atoms with Crippen molar-refractivity contribution in [1.29, 1.82) is 0 Å². The molecular formula is C17H17N5O2S. The van der Waals surface area contributed by atoms with Gasteiger partial charge in [0.05, 0.1) is 12.3 Å². The summed E-state index contributed by atoms with van der Waals surface area (Å²) in [5, 5.41) is 17.4. The molecule has 0 bridgehead atoms. The second kappa shape index (κ2) is 7.82. The van der Waals surface area contributed by atoms with Crippen LogP contribution >= 0.6 is 11.3 Å². The van der Waals surface area contributed by atoms with Crippen LogP contribution in [0.4, 0.5) is 10.9 Å². The summed E-state index contributed by atoms with van der Waals surface area (Å²) in [7, 11) is 0. The fourth-order valence-corrected chi connectivity index (χ4v) is 2.78. The van der Waals surface area contributed by atoms with Gasteiger partial charge in [-0.1, -0.05) is 6.07 Å². The minimum Gasteiger partial charge on any atom is -0.394 e. The molecule has 3 N–H and O–H groups in total. The number of hydrogen-bond donors (Lipinski definition) is 3. The van der Waals surface area contributed by atoms with Gasteiger partial charge in [-0.3, -0.25) is 9.78 Å². The Kier molecular flexibility index (Phi) is 5.32. The zero-order valence-electron chi connectivity index (χ0n) is 13.5. The quantitative estimate of drug-likeness (QED) is 0.628. The van der Waals surface area contributed by atoms with Crippen LogP contribution in [0.5, 0.6) is 0 Å². The summed E-state index contributed by atoms with van der Waals surface area (Å²) in [5.41, 5.74) is 2.03. The molecule has 0 aliphatic heterocycles. The third-order valence-electron chi connectivity index (χ3n) is 3.34. The largest absolute Gasteiger partial charge is 0.394 e. The molecule has 0 saturated carbocycles. The van der Waals surface area contributed by atoms with E-state index in [0.29, 0.717) is 16.5 Å². The molecule has 1 amide bonds. The molecule has 3 rings (SSSR count). The highest BCUT2D eigenvalue weighted by atomic mass is 32.1. The molecule has 0 aliphatic carbocycles. The first-order valence-corrected chi connectivity index (χ1v) is 8.55. The van der Waals surface area contributed by atoms with Crippen LogP contribution in [-0.2, 0) is 0 Å². The number of hydrogen-bond acceptors (Lipinski definition) is 7. The maximum atomic E-state index is 12.1. The van der Waals surface area contributed by atoms with E-state index >= 15 is 0 Å². The Morgan fingerprint density at radius 1 is 1.24 bits per heavy atom. The Hall–Kier alpha value is -2.84. The minimum absolute atomic E-state index is 0.114. The van der Waals surface area contributed by atoms with Gasteiger partial charge in [0.15, 0.2) is 5.13 Å². The normalized spacial score (nSPS) is 11.8. The zero-order chi connectivity index (χ0) is 17.6. The molecule has 0 saturated heterocycles. The summed E-state index contributed by atoms with van der Waals surface area (Å²) in [6.07, 6.45) is 3.27. The summed E-state index contributed by atoms with van der Waals surface area (Å²) in [5.74, 6) is 0.256. The van der Waals surface area contributed by atoms with Gasteiger partial charge in [0, 0.05) is 29.4 Å². The zero-order valence-corrected chi connectivity index (χ0v) is 14.3. The van der Waals surface area contributed by atoms with Crippen LogP contribution in [0.3, 0.4) is 0 Å². The number of carbonyl (C=O) groups excluding carboxylic acids is 1. The van der Waals surface area contributed by atoms with Crippen molar-refractivity contribution in [2.75, 3.05) is 11.9 Å². The average Bonchev–Trinajstić information content (AvgIpc) is 3.11. The summed E-state index contributed by atoms with van der Waals surface area (Å²) >= 11 is 1.43. The minimum atomic E-state index is -0.308. The lowest BCUT2D eigenvalue weighted by Gasteiger charge is -2.11. The molecule has 0 aromatic carbocycles. The van der Waals surface area contributed by atoms with E-state index in [1.54, 1.807) is 31.5 Å². The van der Waals surface area contributed by atoms with Crippen LogP contribution in [0.1, 0.15) is 17.3 Å². The highest BCUT2D eigenvalue weighted by Gasteiger charge is 2.11. The van der Waals surface area contributed by atoms with Crippen molar-refractivity contribution in [2.24, 2.45) is 0 Å². The highest BCUT2D eigenvalue weighted by molar-refractivity contribution is 7.14. The summed E-state index contributed by atoms with van der Waals surface area (Å²) < 4.78 is 0. The van der Waals surface area contributed by atoms with Gasteiger partial charge in [0.25, 0.3) is 5.91 Å². The summed E-state index contributed by atoms with van der Waals surface area (Å²) in [4.78, 5) is 25.1. The Morgan fingerprint density at radius 2 is 2.12 bits per heavy atom. The van der Waals surface area contributed by atoms with Crippen molar-refractivity contribution >= 4 is 28.2 Å². The number of amides is 1. The van der Waals surface area contributed by atoms with Gasteiger partial charge in [-0.25, -0.2) is 9.97 Å². The smallest absolute Gasteiger partial charge is 0.251 e.